The number of nitrogens with zero attached hydrogens (tertiary/aromatic N) is 2. The highest BCUT2D eigenvalue weighted by Crippen LogP contribution is 2.37. The molecule has 1 saturated carbocycles. The molecule has 1 aromatic heterocycles. The summed E-state index contributed by atoms with van der Waals surface area (Å²) < 4.78 is 13.5. The summed E-state index contributed by atoms with van der Waals surface area (Å²) in [4.78, 5) is 23.9. The fraction of sp³-hybridized carbons (Fsp3) is 0.630. The number of nitrogens with one attached hydrogen (secondary N) is 1. The lowest BCUT2D eigenvalue weighted by Crippen LogP contribution is -2.33. The molecule has 3 rings (SSSR count). The van der Waals surface area contributed by atoms with E-state index in [-0.39, 0.29) is 12.3 Å². The van der Waals surface area contributed by atoms with Gasteiger partial charge in [0.05, 0.1) is 19.7 Å². The summed E-state index contributed by atoms with van der Waals surface area (Å²) in [5, 5.41) is 4.02. The summed E-state index contributed by atoms with van der Waals surface area (Å²) in [6, 6.07) is 5.82. The van der Waals surface area contributed by atoms with Gasteiger partial charge >= 0.3 is 0 Å². The van der Waals surface area contributed by atoms with Crippen LogP contribution in [0.3, 0.4) is 0 Å². The number of carbonyl (C=O) groups is 2. The van der Waals surface area contributed by atoms with E-state index in [0.717, 1.165) is 35.5 Å². The number of nitrogens with two attached hydrogens (primary N) is 1. The maximum Gasteiger partial charge on any atom is 0.267 e. The van der Waals surface area contributed by atoms with E-state index in [4.69, 9.17) is 14.3 Å². The summed E-state index contributed by atoms with van der Waals surface area (Å²) in [6.07, 6.45) is 9.52. The Balaban J connectivity index is 0.00000137. The van der Waals surface area contributed by atoms with Crippen LogP contribution in [-0.2, 0) is 11.3 Å². The molecule has 1 unspecified atom stereocenters. The molecule has 0 aliphatic heterocycles. The largest absolute Gasteiger partial charge is 0.496 e. The van der Waals surface area contributed by atoms with E-state index >= 15 is 0 Å². The van der Waals surface area contributed by atoms with Crippen molar-refractivity contribution >= 4 is 23.2 Å². The molecular weight excluding hydrogens is 444 g/mol. The predicted octanol–water partition coefficient (Wildman–Crippen LogP) is 4.05. The van der Waals surface area contributed by atoms with Crippen molar-refractivity contribution in [2.75, 3.05) is 41.4 Å². The van der Waals surface area contributed by atoms with Gasteiger partial charge in [-0.1, -0.05) is 51.9 Å². The van der Waals surface area contributed by atoms with Crippen LogP contribution >= 0.6 is 0 Å². The standard InChI is InChI=1S/C26H41N3O3.CH3NO/c1-19(20-11-9-7-6-8-10-12-20)18-29-22(26(30)27-15-16-28(2)3)17-21-23(31-4)13-14-24(32-5)25(21)29;2-1-3/h13-14,17,19-20H,6-12,15-16,18H2,1-5H3,(H,27,30);1H,(H2,2,3). The second-order valence-electron chi connectivity index (χ2n) is 9.65. The highest BCUT2D eigenvalue weighted by Gasteiger charge is 2.25. The van der Waals surface area contributed by atoms with E-state index in [9.17, 15) is 4.79 Å². The Bertz CT molecular complexity index is 933. The number of hydrogen-bond donors (Lipinski definition) is 2. The van der Waals surface area contributed by atoms with Crippen LogP contribution in [0.1, 0.15) is 62.4 Å². The maximum atomic E-state index is 13.2. The van der Waals surface area contributed by atoms with Gasteiger partial charge in [0.25, 0.3) is 5.91 Å². The van der Waals surface area contributed by atoms with Crippen molar-refractivity contribution in [3.05, 3.63) is 23.9 Å². The number of benzene rings is 1. The van der Waals surface area contributed by atoms with Crippen LogP contribution < -0.4 is 20.5 Å². The lowest BCUT2D eigenvalue weighted by atomic mass is 9.82. The molecule has 1 aromatic carbocycles. The number of carbonyl (C=O) groups excluding carboxylic acids is 2. The van der Waals surface area contributed by atoms with Crippen LogP contribution in [-0.4, -0.2) is 63.2 Å². The summed E-state index contributed by atoms with van der Waals surface area (Å²) in [7, 11) is 7.38. The molecule has 1 aliphatic rings. The number of methoxy groups -OCH3 is 2. The van der Waals surface area contributed by atoms with Crippen molar-refractivity contribution in [3.8, 4) is 11.5 Å². The number of aromatic nitrogens is 1. The van der Waals surface area contributed by atoms with Gasteiger partial charge in [-0.15, -0.1) is 0 Å². The molecule has 0 spiro atoms. The molecule has 8 heteroatoms. The minimum Gasteiger partial charge on any atom is -0.496 e. The van der Waals surface area contributed by atoms with Gasteiger partial charge in [0.1, 0.15) is 17.2 Å². The number of rotatable bonds is 9. The van der Waals surface area contributed by atoms with Gasteiger partial charge in [-0.05, 0) is 44.1 Å². The van der Waals surface area contributed by atoms with Gasteiger partial charge in [-0.3, -0.25) is 9.59 Å². The number of amides is 2. The Morgan fingerprint density at radius 3 is 2.29 bits per heavy atom. The fourth-order valence-corrected chi connectivity index (χ4v) is 5.02. The van der Waals surface area contributed by atoms with E-state index in [0.29, 0.717) is 24.1 Å². The van der Waals surface area contributed by atoms with Crippen molar-refractivity contribution in [2.24, 2.45) is 17.6 Å². The summed E-state index contributed by atoms with van der Waals surface area (Å²) in [5.41, 5.74) is 5.79. The van der Waals surface area contributed by atoms with E-state index in [1.807, 2.05) is 32.3 Å². The molecule has 196 valence electrons. The summed E-state index contributed by atoms with van der Waals surface area (Å²) in [5.74, 6) is 2.66. The first kappa shape index (κ1) is 28.5. The monoisotopic (exact) mass is 488 g/mol. The van der Waals surface area contributed by atoms with E-state index in [2.05, 4.69) is 27.4 Å². The zero-order valence-electron chi connectivity index (χ0n) is 22.1. The van der Waals surface area contributed by atoms with Gasteiger partial charge < -0.3 is 30.0 Å². The molecule has 2 amide bonds. The number of ether oxygens (including phenoxy) is 2. The molecule has 1 fully saturated rings. The summed E-state index contributed by atoms with van der Waals surface area (Å²) in [6.45, 7) is 4.56. The van der Waals surface area contributed by atoms with Crippen molar-refractivity contribution < 1.29 is 19.1 Å². The van der Waals surface area contributed by atoms with Gasteiger partial charge in [-0.25, -0.2) is 0 Å². The van der Waals surface area contributed by atoms with Crippen LogP contribution in [0.4, 0.5) is 0 Å². The van der Waals surface area contributed by atoms with Crippen LogP contribution in [0.15, 0.2) is 18.2 Å². The second kappa shape index (κ2) is 14.6. The Morgan fingerprint density at radius 2 is 1.71 bits per heavy atom. The molecule has 1 heterocycles. The quantitative estimate of drug-likeness (QED) is 0.519. The van der Waals surface area contributed by atoms with Crippen molar-refractivity contribution in [2.45, 2.75) is 58.4 Å². The Kier molecular flexibility index (Phi) is 11.9. The van der Waals surface area contributed by atoms with Crippen LogP contribution in [0.25, 0.3) is 10.9 Å². The van der Waals surface area contributed by atoms with E-state index in [1.54, 1.807) is 14.2 Å². The van der Waals surface area contributed by atoms with E-state index < -0.39 is 0 Å². The first-order valence-electron chi connectivity index (χ1n) is 12.7. The zero-order chi connectivity index (χ0) is 25.8. The average Bonchev–Trinajstić information content (AvgIpc) is 3.18. The van der Waals surface area contributed by atoms with Gasteiger partial charge in [0.15, 0.2) is 0 Å². The lowest BCUT2D eigenvalue weighted by Gasteiger charge is -2.27. The van der Waals surface area contributed by atoms with Crippen LogP contribution in [0, 0.1) is 11.8 Å². The molecule has 0 bridgehead atoms. The second-order valence-corrected chi connectivity index (χ2v) is 9.65. The maximum absolute atomic E-state index is 13.2. The molecular formula is C27H44N4O4. The minimum absolute atomic E-state index is 0.0444. The van der Waals surface area contributed by atoms with Gasteiger partial charge in [-0.2, -0.15) is 0 Å². The molecule has 1 aliphatic carbocycles. The third kappa shape index (κ3) is 7.88. The third-order valence-corrected chi connectivity index (χ3v) is 6.92. The Labute approximate surface area is 210 Å². The predicted molar refractivity (Wildman–Crippen MR) is 141 cm³/mol. The van der Waals surface area contributed by atoms with Crippen molar-refractivity contribution in [3.63, 3.8) is 0 Å². The first-order chi connectivity index (χ1) is 16.9. The number of likely N-dealkylation sites (N-methyl/N-ethyl adjacent to an activating group) is 1. The van der Waals surface area contributed by atoms with Crippen molar-refractivity contribution in [1.29, 1.82) is 0 Å². The molecule has 3 N–H and O–H groups in total. The normalized spacial score (nSPS) is 15.5. The molecule has 1 atom stereocenters. The number of fused-ring (bicyclic) bond motifs is 1. The number of primary amides is 1. The minimum atomic E-state index is -0.0444. The van der Waals surface area contributed by atoms with Crippen molar-refractivity contribution in [1.82, 2.24) is 14.8 Å². The zero-order valence-corrected chi connectivity index (χ0v) is 22.1. The average molecular weight is 489 g/mol. The van der Waals surface area contributed by atoms with Crippen LogP contribution in [0.2, 0.25) is 0 Å². The molecule has 0 radical (unpaired) electrons. The van der Waals surface area contributed by atoms with Gasteiger partial charge in [0.2, 0.25) is 6.41 Å². The Morgan fingerprint density at radius 1 is 1.14 bits per heavy atom. The topological polar surface area (TPSA) is 98.8 Å². The summed E-state index contributed by atoms with van der Waals surface area (Å²) >= 11 is 0. The molecule has 8 nitrogen and oxygen atoms in total. The molecule has 35 heavy (non-hydrogen) atoms. The van der Waals surface area contributed by atoms with E-state index in [1.165, 1.54) is 44.9 Å². The highest BCUT2D eigenvalue weighted by atomic mass is 16.5. The molecule has 0 saturated heterocycles. The SMILES string of the molecule is COc1ccc(OC)c2c1cc(C(=O)NCCN(C)C)n2CC(C)C1CCCCCCC1.NC=O. The van der Waals surface area contributed by atoms with Crippen LogP contribution in [0.5, 0.6) is 11.5 Å². The third-order valence-electron chi connectivity index (χ3n) is 6.92. The molecule has 2 aromatic rings. The first-order valence-corrected chi connectivity index (χ1v) is 12.7. The smallest absolute Gasteiger partial charge is 0.267 e. The lowest BCUT2D eigenvalue weighted by molar-refractivity contribution is -0.106. The van der Waals surface area contributed by atoms with Gasteiger partial charge in [0, 0.05) is 25.0 Å². The fourth-order valence-electron chi connectivity index (χ4n) is 5.02. The highest BCUT2D eigenvalue weighted by molar-refractivity contribution is 6.02. The number of hydrogen-bond acceptors (Lipinski definition) is 5. The Hall–Kier alpha value is -2.74.